The summed E-state index contributed by atoms with van der Waals surface area (Å²) in [6.07, 6.45) is 2.61. The maximum absolute atomic E-state index is 5.54. The van der Waals surface area contributed by atoms with E-state index in [-0.39, 0.29) is 7.92 Å². The summed E-state index contributed by atoms with van der Waals surface area (Å²) in [5.74, 6) is 0. The standard InChI is InChI=1S/C9H23O2PSi/c1-6-13(10-2,11-3)9-7-8-12(4)5/h6-9H2,1-5H3. The molecule has 0 rings (SSSR count). The molecule has 0 aliphatic heterocycles. The van der Waals surface area contributed by atoms with Crippen molar-refractivity contribution in [2.24, 2.45) is 0 Å². The minimum atomic E-state index is -1.77. The van der Waals surface area contributed by atoms with Crippen molar-refractivity contribution in [2.75, 3.05) is 33.7 Å². The predicted octanol–water partition coefficient (Wildman–Crippen LogP) is 2.87. The maximum Gasteiger partial charge on any atom is 0.337 e. The molecule has 13 heavy (non-hydrogen) atoms. The first-order valence-corrected chi connectivity index (χ1v) is 9.50. The Labute approximate surface area is 85.0 Å². The van der Waals surface area contributed by atoms with Crippen LogP contribution in [0, 0.1) is 0 Å². The first-order chi connectivity index (χ1) is 6.10. The fourth-order valence-electron chi connectivity index (χ4n) is 1.42. The van der Waals surface area contributed by atoms with E-state index in [1.165, 1.54) is 12.6 Å². The molecule has 0 aromatic rings. The predicted molar refractivity (Wildman–Crippen MR) is 63.3 cm³/mol. The van der Waals surface area contributed by atoms with Gasteiger partial charge in [0.15, 0.2) is 0 Å². The van der Waals surface area contributed by atoms with Crippen molar-refractivity contribution in [1.29, 1.82) is 0 Å². The second kappa shape index (κ2) is 6.94. The van der Waals surface area contributed by atoms with E-state index < -0.39 is 8.56 Å². The van der Waals surface area contributed by atoms with Crippen LogP contribution in [0.5, 0.6) is 0 Å². The zero-order chi connectivity index (χ0) is 10.3. The van der Waals surface area contributed by atoms with Gasteiger partial charge in [0, 0.05) is 14.2 Å². The Kier molecular flexibility index (Phi) is 7.24. The van der Waals surface area contributed by atoms with Crippen molar-refractivity contribution < 1.29 is 8.85 Å². The van der Waals surface area contributed by atoms with Crippen molar-refractivity contribution in [1.82, 2.24) is 0 Å². The molecule has 0 aromatic carbocycles. The first kappa shape index (κ1) is 13.6. The second-order valence-electron chi connectivity index (χ2n) is 3.58. The molecule has 2 nitrogen and oxygen atoms in total. The molecule has 0 bridgehead atoms. The number of rotatable bonds is 7. The molecule has 0 unspecified atom stereocenters. The van der Waals surface area contributed by atoms with E-state index in [0.717, 1.165) is 12.1 Å². The fourth-order valence-corrected chi connectivity index (χ4v) is 4.73. The van der Waals surface area contributed by atoms with E-state index in [9.17, 15) is 0 Å². The van der Waals surface area contributed by atoms with Gasteiger partial charge in [-0.15, -0.1) is 7.92 Å². The molecule has 0 amide bonds. The highest BCUT2D eigenvalue weighted by Crippen LogP contribution is 2.28. The lowest BCUT2D eigenvalue weighted by molar-refractivity contribution is 0.242. The number of hydrogen-bond acceptors (Lipinski definition) is 2. The lowest BCUT2D eigenvalue weighted by atomic mass is 10.6. The van der Waals surface area contributed by atoms with Crippen LogP contribution in [0.15, 0.2) is 0 Å². The minimum Gasteiger partial charge on any atom is -0.398 e. The normalized spacial score (nSPS) is 12.5. The molecular weight excluding hydrogens is 199 g/mol. The second-order valence-corrected chi connectivity index (χ2v) is 10.0. The van der Waals surface area contributed by atoms with Crippen LogP contribution in [0.4, 0.5) is 0 Å². The molecule has 4 heteroatoms. The van der Waals surface area contributed by atoms with Crippen molar-refractivity contribution in [3.63, 3.8) is 0 Å². The molecule has 0 fully saturated rings. The minimum absolute atomic E-state index is 0.243. The highest BCUT2D eigenvalue weighted by molar-refractivity contribution is 7.55. The third-order valence-electron chi connectivity index (χ3n) is 2.45. The van der Waals surface area contributed by atoms with Crippen LogP contribution in [0.2, 0.25) is 12.1 Å². The Morgan fingerprint density at radius 1 is 1.15 bits per heavy atom. The van der Waals surface area contributed by atoms with Crippen LogP contribution in [-0.2, 0) is 8.85 Å². The van der Waals surface area contributed by atoms with Crippen molar-refractivity contribution in [3.05, 3.63) is 0 Å². The van der Waals surface area contributed by atoms with Crippen LogP contribution >= 0.6 is 7.92 Å². The van der Waals surface area contributed by atoms with Crippen molar-refractivity contribution in [3.8, 4) is 0 Å². The van der Waals surface area contributed by atoms with E-state index in [0.29, 0.717) is 0 Å². The lowest BCUT2D eigenvalue weighted by Crippen LogP contribution is -2.39. The summed E-state index contributed by atoms with van der Waals surface area (Å²) in [6, 6.07) is 2.21. The van der Waals surface area contributed by atoms with Gasteiger partial charge in [-0.1, -0.05) is 6.92 Å². The topological polar surface area (TPSA) is 18.5 Å². The van der Waals surface area contributed by atoms with E-state index in [2.05, 4.69) is 20.3 Å². The Balaban J connectivity index is 3.81. The van der Waals surface area contributed by atoms with E-state index in [1.807, 2.05) is 0 Å². The van der Waals surface area contributed by atoms with Gasteiger partial charge in [-0.25, -0.2) is 0 Å². The summed E-state index contributed by atoms with van der Waals surface area (Å²) in [4.78, 5) is 0. The average Bonchev–Trinajstić information content (AvgIpc) is 2.13. The Morgan fingerprint density at radius 3 is 2.00 bits per heavy atom. The zero-order valence-corrected chi connectivity index (χ0v) is 11.5. The van der Waals surface area contributed by atoms with E-state index >= 15 is 0 Å². The van der Waals surface area contributed by atoms with Crippen LogP contribution in [0.3, 0.4) is 0 Å². The summed E-state index contributed by atoms with van der Waals surface area (Å²) in [7, 11) is 2.05. The molecular formula is C9H23O2PSi. The molecule has 0 saturated carbocycles. The monoisotopic (exact) mass is 222 g/mol. The number of hydrogen-bond donors (Lipinski definition) is 0. The quantitative estimate of drug-likeness (QED) is 0.487. The summed E-state index contributed by atoms with van der Waals surface area (Å²) in [5.41, 5.74) is 0. The molecule has 0 spiro atoms. The highest BCUT2D eigenvalue weighted by Gasteiger charge is 2.32. The van der Waals surface area contributed by atoms with Gasteiger partial charge < -0.3 is 8.85 Å². The van der Waals surface area contributed by atoms with Gasteiger partial charge in [0.25, 0.3) is 0 Å². The Hall–Kier alpha value is 0.567. The molecule has 0 aromatic heterocycles. The SMILES string of the molecule is CC[Si](CCCP(C)C)(OC)OC. The van der Waals surface area contributed by atoms with Gasteiger partial charge in [0.05, 0.1) is 0 Å². The average molecular weight is 222 g/mol. The Morgan fingerprint density at radius 2 is 1.69 bits per heavy atom. The molecule has 80 valence electrons. The maximum atomic E-state index is 5.54. The first-order valence-electron chi connectivity index (χ1n) is 4.85. The van der Waals surface area contributed by atoms with Gasteiger partial charge in [0.2, 0.25) is 0 Å². The molecule has 0 N–H and O–H groups in total. The Bertz CT molecular complexity index is 119. The van der Waals surface area contributed by atoms with Gasteiger partial charge >= 0.3 is 8.56 Å². The van der Waals surface area contributed by atoms with Crippen LogP contribution in [-0.4, -0.2) is 42.3 Å². The summed E-state index contributed by atoms with van der Waals surface area (Å²) in [6.45, 7) is 6.81. The van der Waals surface area contributed by atoms with Crippen LogP contribution in [0.25, 0.3) is 0 Å². The van der Waals surface area contributed by atoms with Crippen molar-refractivity contribution in [2.45, 2.75) is 25.4 Å². The van der Waals surface area contributed by atoms with Crippen LogP contribution < -0.4 is 0 Å². The highest BCUT2D eigenvalue weighted by atomic mass is 31.1. The third kappa shape index (κ3) is 5.11. The zero-order valence-electron chi connectivity index (χ0n) is 9.59. The third-order valence-corrected chi connectivity index (χ3v) is 7.34. The molecule has 0 aliphatic carbocycles. The smallest absolute Gasteiger partial charge is 0.337 e. The van der Waals surface area contributed by atoms with E-state index in [1.54, 1.807) is 14.2 Å². The largest absolute Gasteiger partial charge is 0.398 e. The molecule has 0 radical (unpaired) electrons. The van der Waals surface area contributed by atoms with E-state index in [4.69, 9.17) is 8.85 Å². The summed E-state index contributed by atoms with van der Waals surface area (Å²) >= 11 is 0. The van der Waals surface area contributed by atoms with Gasteiger partial charge in [-0.05, 0) is 38.0 Å². The van der Waals surface area contributed by atoms with Gasteiger partial charge in [0.1, 0.15) is 0 Å². The van der Waals surface area contributed by atoms with Gasteiger partial charge in [-0.2, -0.15) is 0 Å². The van der Waals surface area contributed by atoms with Crippen LogP contribution in [0.1, 0.15) is 13.3 Å². The molecule has 0 heterocycles. The molecule has 0 atom stereocenters. The van der Waals surface area contributed by atoms with Gasteiger partial charge in [-0.3, -0.25) is 0 Å². The summed E-state index contributed by atoms with van der Waals surface area (Å²) in [5, 5.41) is 0. The molecule has 0 saturated heterocycles. The van der Waals surface area contributed by atoms with Crippen molar-refractivity contribution >= 4 is 16.5 Å². The molecule has 0 aliphatic rings. The summed E-state index contributed by atoms with van der Waals surface area (Å²) < 4.78 is 11.1. The lowest BCUT2D eigenvalue weighted by Gasteiger charge is -2.26. The fraction of sp³-hybridized carbons (Fsp3) is 1.00.